The lowest BCUT2D eigenvalue weighted by atomic mass is 10.2. The second-order valence-electron chi connectivity index (χ2n) is 4.25. The van der Waals surface area contributed by atoms with E-state index >= 15 is 0 Å². The Morgan fingerprint density at radius 1 is 1.00 bits per heavy atom. The Bertz CT molecular complexity index is 728. The highest BCUT2D eigenvalue weighted by molar-refractivity contribution is 5.80. The summed E-state index contributed by atoms with van der Waals surface area (Å²) >= 11 is 0. The predicted octanol–water partition coefficient (Wildman–Crippen LogP) is 3.79. The summed E-state index contributed by atoms with van der Waals surface area (Å²) in [4.78, 5) is 10.6. The molecule has 2 aromatic carbocycles. The number of aromatic nitrogens is 2. The maximum atomic E-state index is 7.58. The first-order chi connectivity index (χ1) is 9.78. The van der Waals surface area contributed by atoms with Crippen molar-refractivity contribution in [1.82, 2.24) is 9.97 Å². The van der Waals surface area contributed by atoms with Crippen LogP contribution in [0.3, 0.4) is 0 Å². The molecule has 3 heteroatoms. The maximum absolute atomic E-state index is 7.58. The number of fused-ring (bicyclic) bond motifs is 1. The maximum Gasteiger partial charge on any atom is 0.0907 e. The molecular formula is C16H15N3. The van der Waals surface area contributed by atoms with Crippen molar-refractivity contribution in [3.8, 4) is 0 Å². The van der Waals surface area contributed by atoms with Crippen LogP contribution in [0.5, 0.6) is 0 Å². The number of nitrogens with zero attached hydrogens (tertiary/aromatic N) is 3. The minimum absolute atomic E-state index is 0.192. The van der Waals surface area contributed by atoms with Gasteiger partial charge in [-0.3, -0.25) is 9.97 Å². The largest absolute Gasteiger partial charge is 0.342 e. The highest BCUT2D eigenvalue weighted by atomic mass is 15.1. The van der Waals surface area contributed by atoms with Gasteiger partial charge in [0.1, 0.15) is 0 Å². The summed E-state index contributed by atoms with van der Waals surface area (Å²) in [6.07, 6.45) is 1.66. The highest BCUT2D eigenvalue weighted by Crippen LogP contribution is 2.26. The molecule has 19 heavy (non-hydrogen) atoms. The Morgan fingerprint density at radius 2 is 1.84 bits per heavy atom. The van der Waals surface area contributed by atoms with E-state index in [4.69, 9.17) is 1.37 Å². The molecule has 0 bridgehead atoms. The molecule has 0 fully saturated rings. The Hall–Kier alpha value is -2.42. The molecule has 0 spiro atoms. The first-order valence-corrected chi connectivity index (χ1v) is 6.34. The van der Waals surface area contributed by atoms with E-state index in [0.717, 1.165) is 29.0 Å². The van der Waals surface area contributed by atoms with E-state index in [1.807, 2.05) is 36.4 Å². The number of hydrogen-bond donors (Lipinski definition) is 0. The molecule has 1 heterocycles. The van der Waals surface area contributed by atoms with Crippen LogP contribution in [0.4, 0.5) is 11.4 Å². The number of anilines is 2. The van der Waals surface area contributed by atoms with Crippen molar-refractivity contribution in [1.29, 1.82) is 0 Å². The summed E-state index contributed by atoms with van der Waals surface area (Å²) in [5.74, 6) is 0. The molecule has 3 nitrogen and oxygen atoms in total. The molecule has 0 aliphatic heterocycles. The minimum Gasteiger partial charge on any atom is -0.342 e. The van der Waals surface area contributed by atoms with Crippen LogP contribution in [0.1, 0.15) is 8.29 Å². The van der Waals surface area contributed by atoms with Crippen molar-refractivity contribution >= 4 is 22.4 Å². The van der Waals surface area contributed by atoms with Crippen LogP contribution in [-0.2, 0) is 0 Å². The molecule has 0 aliphatic rings. The predicted molar refractivity (Wildman–Crippen MR) is 78.7 cm³/mol. The second-order valence-corrected chi connectivity index (χ2v) is 4.25. The first kappa shape index (κ1) is 10.5. The van der Waals surface area contributed by atoms with Gasteiger partial charge in [-0.15, -0.1) is 0 Å². The molecule has 3 aromatic rings. The van der Waals surface area contributed by atoms with Gasteiger partial charge in [0.25, 0.3) is 0 Å². The molecule has 1 aromatic heterocycles. The van der Waals surface area contributed by atoms with E-state index < -0.39 is 0 Å². The second kappa shape index (κ2) is 5.06. The van der Waals surface area contributed by atoms with Gasteiger partial charge in [-0.1, -0.05) is 18.2 Å². The van der Waals surface area contributed by atoms with E-state index in [1.165, 1.54) is 6.20 Å². The molecule has 0 N–H and O–H groups in total. The van der Waals surface area contributed by atoms with Crippen molar-refractivity contribution in [2.45, 2.75) is 6.92 Å². The Labute approximate surface area is 114 Å². The standard InChI is InChI=1S/C16H15N3/c1-2-19(13-6-4-3-5-7-13)14-8-9-15-16(12-14)18-11-10-17-15/h3-12H,2H2,1H3/i11D. The molecule has 0 amide bonds. The number of benzene rings is 2. The Kier molecular flexibility index (Phi) is 2.80. The lowest BCUT2D eigenvalue weighted by Gasteiger charge is -2.23. The summed E-state index contributed by atoms with van der Waals surface area (Å²) in [6.45, 7) is 2.98. The van der Waals surface area contributed by atoms with E-state index in [-0.39, 0.29) is 6.17 Å². The van der Waals surface area contributed by atoms with Crippen LogP contribution >= 0.6 is 0 Å². The van der Waals surface area contributed by atoms with Crippen molar-refractivity contribution in [2.24, 2.45) is 0 Å². The third kappa shape index (κ3) is 2.27. The fourth-order valence-electron chi connectivity index (χ4n) is 2.20. The van der Waals surface area contributed by atoms with Gasteiger partial charge in [-0.2, -0.15) is 0 Å². The molecule has 0 unspecified atom stereocenters. The van der Waals surface area contributed by atoms with E-state index in [2.05, 4.69) is 33.9 Å². The average Bonchev–Trinajstić information content (AvgIpc) is 2.49. The number of rotatable bonds is 3. The average molecular weight is 250 g/mol. The van der Waals surface area contributed by atoms with Crippen LogP contribution in [-0.4, -0.2) is 16.5 Å². The normalized spacial score (nSPS) is 11.3. The van der Waals surface area contributed by atoms with Gasteiger partial charge in [-0.25, -0.2) is 0 Å². The van der Waals surface area contributed by atoms with Crippen molar-refractivity contribution in [3.63, 3.8) is 0 Å². The summed E-state index contributed by atoms with van der Waals surface area (Å²) in [6, 6.07) is 16.2. The molecule has 0 saturated heterocycles. The van der Waals surface area contributed by atoms with E-state index in [9.17, 15) is 0 Å². The topological polar surface area (TPSA) is 29.0 Å². The lowest BCUT2D eigenvalue weighted by Crippen LogP contribution is -2.15. The first-order valence-electron chi connectivity index (χ1n) is 6.84. The van der Waals surface area contributed by atoms with Crippen molar-refractivity contribution < 1.29 is 1.37 Å². The smallest absolute Gasteiger partial charge is 0.0907 e. The summed E-state index contributed by atoms with van der Waals surface area (Å²) in [5.41, 5.74) is 3.77. The molecule has 3 rings (SSSR count). The van der Waals surface area contributed by atoms with Gasteiger partial charge >= 0.3 is 0 Å². The molecule has 0 radical (unpaired) electrons. The van der Waals surface area contributed by atoms with E-state index in [0.29, 0.717) is 0 Å². The fraction of sp³-hybridized carbons (Fsp3) is 0.125. The molecule has 0 aliphatic carbocycles. The third-order valence-electron chi connectivity index (χ3n) is 3.10. The van der Waals surface area contributed by atoms with Gasteiger partial charge in [0.15, 0.2) is 0 Å². The highest BCUT2D eigenvalue weighted by Gasteiger charge is 2.07. The van der Waals surface area contributed by atoms with Gasteiger partial charge in [-0.05, 0) is 37.3 Å². The van der Waals surface area contributed by atoms with Crippen molar-refractivity contribution in [2.75, 3.05) is 11.4 Å². The summed E-state index contributed by atoms with van der Waals surface area (Å²) in [5, 5.41) is 0. The van der Waals surface area contributed by atoms with Crippen LogP contribution in [0.2, 0.25) is 0 Å². The third-order valence-corrected chi connectivity index (χ3v) is 3.10. The van der Waals surface area contributed by atoms with Crippen LogP contribution in [0, 0.1) is 0 Å². The van der Waals surface area contributed by atoms with E-state index in [1.54, 1.807) is 0 Å². The summed E-state index contributed by atoms with van der Waals surface area (Å²) < 4.78 is 7.58. The van der Waals surface area contributed by atoms with Gasteiger partial charge in [0.2, 0.25) is 0 Å². The Morgan fingerprint density at radius 3 is 2.63 bits per heavy atom. The number of para-hydroxylation sites is 1. The Balaban J connectivity index is 2.08. The quantitative estimate of drug-likeness (QED) is 0.708. The SMILES string of the molecule is [2H]c1cnc2ccc(N(CC)c3ccccc3)cc2n1. The molecule has 0 atom stereocenters. The van der Waals surface area contributed by atoms with Crippen LogP contribution < -0.4 is 4.90 Å². The fourth-order valence-corrected chi connectivity index (χ4v) is 2.20. The van der Waals surface area contributed by atoms with Crippen LogP contribution in [0.25, 0.3) is 11.0 Å². The zero-order chi connectivity index (χ0) is 13.9. The monoisotopic (exact) mass is 250 g/mol. The van der Waals surface area contributed by atoms with Gasteiger partial charge < -0.3 is 4.90 Å². The minimum atomic E-state index is 0.192. The lowest BCUT2D eigenvalue weighted by molar-refractivity contribution is 1.02. The molecular weight excluding hydrogens is 234 g/mol. The molecule has 0 saturated carbocycles. The number of hydrogen-bond acceptors (Lipinski definition) is 3. The van der Waals surface area contributed by atoms with Crippen molar-refractivity contribution in [3.05, 3.63) is 60.9 Å². The zero-order valence-corrected chi connectivity index (χ0v) is 10.7. The van der Waals surface area contributed by atoms with Gasteiger partial charge in [0.05, 0.1) is 12.4 Å². The van der Waals surface area contributed by atoms with Gasteiger partial charge in [0, 0.05) is 30.3 Å². The summed E-state index contributed by atoms with van der Waals surface area (Å²) in [7, 11) is 0. The molecule has 94 valence electrons. The zero-order valence-electron chi connectivity index (χ0n) is 11.7. The van der Waals surface area contributed by atoms with Crippen LogP contribution in [0.15, 0.2) is 60.9 Å².